The molecule has 0 saturated carbocycles. The summed E-state index contributed by atoms with van der Waals surface area (Å²) in [6.45, 7) is 2.22. The van der Waals surface area contributed by atoms with Crippen molar-refractivity contribution in [2.75, 3.05) is 26.4 Å². The van der Waals surface area contributed by atoms with Gasteiger partial charge in [0.05, 0.1) is 26.4 Å². The van der Waals surface area contributed by atoms with Crippen LogP contribution in [0.5, 0.6) is 0 Å². The van der Waals surface area contributed by atoms with E-state index >= 15 is 0 Å². The summed E-state index contributed by atoms with van der Waals surface area (Å²) in [6, 6.07) is 0. The monoisotopic (exact) mass is 913 g/mol. The van der Waals surface area contributed by atoms with Gasteiger partial charge in [-0.15, -0.1) is 0 Å². The van der Waals surface area contributed by atoms with Gasteiger partial charge < -0.3 is 24.6 Å². The van der Waals surface area contributed by atoms with E-state index in [2.05, 4.69) is 50.3 Å². The van der Waals surface area contributed by atoms with E-state index in [-0.39, 0.29) is 12.8 Å². The van der Waals surface area contributed by atoms with Crippen molar-refractivity contribution in [1.82, 2.24) is 0 Å². The number of unbranched alkanes of at least 4 members (excludes halogenated alkanes) is 29. The van der Waals surface area contributed by atoms with Crippen molar-refractivity contribution < 1.29 is 47.8 Å². The van der Waals surface area contributed by atoms with Crippen LogP contribution in [0.3, 0.4) is 0 Å². The Morgan fingerprint density at radius 2 is 0.698 bits per heavy atom. The zero-order valence-corrected chi connectivity index (χ0v) is 41.4. The van der Waals surface area contributed by atoms with Gasteiger partial charge in [-0.3, -0.25) is 18.6 Å². The molecule has 0 aromatic rings. The number of phosphoric acid groups is 1. The maximum Gasteiger partial charge on any atom is 0.472 e. The number of carbonyl (C=O) groups is 2. The number of allylic oxidation sites excluding steroid dienone is 6. The van der Waals surface area contributed by atoms with E-state index < -0.39 is 58.4 Å². The van der Waals surface area contributed by atoms with Crippen LogP contribution in [0.25, 0.3) is 0 Å². The van der Waals surface area contributed by atoms with E-state index in [0.717, 1.165) is 51.4 Å². The summed E-state index contributed by atoms with van der Waals surface area (Å²) in [4.78, 5) is 34.7. The van der Waals surface area contributed by atoms with Crippen molar-refractivity contribution in [3.63, 3.8) is 0 Å². The Balaban J connectivity index is 3.83. The molecule has 0 spiro atoms. The molecule has 3 atom stereocenters. The number of carbonyl (C=O) groups excluding carboxylic acids is 2. The molecule has 0 aromatic heterocycles. The summed E-state index contributed by atoms with van der Waals surface area (Å²) < 4.78 is 32.7. The molecule has 0 saturated heterocycles. The number of hydrogen-bond donors (Lipinski definition) is 3. The van der Waals surface area contributed by atoms with Gasteiger partial charge in [-0.25, -0.2) is 4.57 Å². The summed E-state index contributed by atoms with van der Waals surface area (Å²) >= 11 is 0. The van der Waals surface area contributed by atoms with Crippen LogP contribution in [-0.2, 0) is 32.7 Å². The quantitative estimate of drug-likeness (QED) is 0.0233. The van der Waals surface area contributed by atoms with Gasteiger partial charge in [0, 0.05) is 12.8 Å². The lowest BCUT2D eigenvalue weighted by molar-refractivity contribution is -0.153. The predicted octanol–water partition coefficient (Wildman–Crippen LogP) is 14.7. The highest BCUT2D eigenvalue weighted by atomic mass is 31.2. The Hall–Kier alpha value is -1.81. The average Bonchev–Trinajstić information content (AvgIpc) is 3.27. The SMILES string of the molecule is CCCCC/C=C\C/C=C\CCCCCCCCCCCC(=O)OC(CO)COP(=O)(O)OCC(CO)OC(=O)CCCCCCCCCCC/C=C\CCCCCCCCCC. The molecule has 0 fully saturated rings. The molecule has 370 valence electrons. The number of ether oxygens (including phenoxy) is 2. The number of aliphatic hydroxyl groups is 2. The van der Waals surface area contributed by atoms with Crippen LogP contribution < -0.4 is 0 Å². The average molecular weight is 913 g/mol. The summed E-state index contributed by atoms with van der Waals surface area (Å²) in [5.41, 5.74) is 0. The third-order valence-corrected chi connectivity index (χ3v) is 12.3. The largest absolute Gasteiger partial charge is 0.472 e. The minimum atomic E-state index is -4.64. The van der Waals surface area contributed by atoms with Gasteiger partial charge in [0.25, 0.3) is 0 Å². The van der Waals surface area contributed by atoms with Gasteiger partial charge in [-0.1, -0.05) is 198 Å². The molecular weight excluding hydrogens is 816 g/mol. The molecule has 0 heterocycles. The zero-order chi connectivity index (χ0) is 46.2. The lowest BCUT2D eigenvalue weighted by atomic mass is 10.1. The van der Waals surface area contributed by atoms with Crippen molar-refractivity contribution >= 4 is 19.8 Å². The molecule has 3 N–H and O–H groups in total. The minimum Gasteiger partial charge on any atom is -0.457 e. The van der Waals surface area contributed by atoms with E-state index in [1.54, 1.807) is 0 Å². The maximum atomic E-state index is 12.4. The molecule has 0 aliphatic heterocycles. The van der Waals surface area contributed by atoms with Crippen molar-refractivity contribution in [3.05, 3.63) is 36.5 Å². The molecule has 0 amide bonds. The van der Waals surface area contributed by atoms with E-state index in [4.69, 9.17) is 18.5 Å². The lowest BCUT2D eigenvalue weighted by Gasteiger charge is -2.20. The van der Waals surface area contributed by atoms with E-state index in [9.17, 15) is 29.3 Å². The first-order chi connectivity index (χ1) is 30.8. The Kier molecular flexibility index (Phi) is 46.7. The Morgan fingerprint density at radius 3 is 1.03 bits per heavy atom. The first-order valence-corrected chi connectivity index (χ1v) is 27.4. The van der Waals surface area contributed by atoms with E-state index in [0.29, 0.717) is 12.8 Å². The molecule has 11 heteroatoms. The fourth-order valence-corrected chi connectivity index (χ4v) is 8.10. The highest BCUT2D eigenvalue weighted by Gasteiger charge is 2.27. The molecule has 10 nitrogen and oxygen atoms in total. The summed E-state index contributed by atoms with van der Waals surface area (Å²) in [5.74, 6) is -1.02. The van der Waals surface area contributed by atoms with Crippen LogP contribution in [0.1, 0.15) is 245 Å². The van der Waals surface area contributed by atoms with Gasteiger partial charge in [-0.2, -0.15) is 0 Å². The topological polar surface area (TPSA) is 149 Å². The normalized spacial score (nSPS) is 13.9. The van der Waals surface area contributed by atoms with Crippen LogP contribution in [0, 0.1) is 0 Å². The van der Waals surface area contributed by atoms with Crippen LogP contribution in [0.2, 0.25) is 0 Å². The number of phosphoric ester groups is 1. The summed E-state index contributed by atoms with van der Waals surface area (Å²) in [7, 11) is -4.64. The molecule has 0 bridgehead atoms. The molecule has 63 heavy (non-hydrogen) atoms. The summed E-state index contributed by atoms with van der Waals surface area (Å²) in [5, 5.41) is 19.3. The van der Waals surface area contributed by atoms with Crippen LogP contribution in [0.15, 0.2) is 36.5 Å². The third kappa shape index (κ3) is 46.5. The highest BCUT2D eigenvalue weighted by Crippen LogP contribution is 2.43. The van der Waals surface area contributed by atoms with Crippen molar-refractivity contribution in [1.29, 1.82) is 0 Å². The fraction of sp³-hybridized carbons (Fsp3) is 0.846. The van der Waals surface area contributed by atoms with E-state index in [1.807, 2.05) is 0 Å². The number of rotatable bonds is 49. The molecule has 0 aliphatic carbocycles. The Labute approximate surface area is 386 Å². The van der Waals surface area contributed by atoms with Crippen LogP contribution >= 0.6 is 7.82 Å². The van der Waals surface area contributed by atoms with Crippen LogP contribution in [0.4, 0.5) is 0 Å². The molecule has 0 rings (SSSR count). The first-order valence-electron chi connectivity index (χ1n) is 25.9. The standard InChI is InChI=1S/C52H97O10P/c1-3-5-7-9-11-13-15-17-19-21-23-24-26-28-30-32-34-36-38-40-42-44-52(56)62-50(46-54)48-60-63(57,58)59-47-49(45-53)61-51(55)43-41-39-37-35-33-31-29-27-25-22-20-18-16-14-12-10-8-6-4-2/h12,14,18,20-21,23,49-50,53-54H,3-11,13,15-17,19,22,24-48H2,1-2H3,(H,57,58)/b14-12-,20-18-,23-21-. The van der Waals surface area contributed by atoms with Crippen molar-refractivity contribution in [2.24, 2.45) is 0 Å². The van der Waals surface area contributed by atoms with Gasteiger partial charge in [0.1, 0.15) is 12.2 Å². The smallest absolute Gasteiger partial charge is 0.457 e. The number of esters is 2. The third-order valence-electron chi connectivity index (χ3n) is 11.3. The molecular formula is C52H97O10P. The van der Waals surface area contributed by atoms with Crippen molar-refractivity contribution in [2.45, 2.75) is 257 Å². The molecule has 3 unspecified atom stereocenters. The Bertz CT molecular complexity index is 1140. The van der Waals surface area contributed by atoms with Gasteiger partial charge in [-0.05, 0) is 70.6 Å². The highest BCUT2D eigenvalue weighted by molar-refractivity contribution is 7.47. The van der Waals surface area contributed by atoms with Gasteiger partial charge in [0.15, 0.2) is 0 Å². The lowest BCUT2D eigenvalue weighted by Crippen LogP contribution is -2.28. The second-order valence-electron chi connectivity index (χ2n) is 17.5. The molecule has 0 aromatic carbocycles. The predicted molar refractivity (Wildman–Crippen MR) is 261 cm³/mol. The number of aliphatic hydroxyl groups excluding tert-OH is 2. The second-order valence-corrected chi connectivity index (χ2v) is 19.0. The van der Waals surface area contributed by atoms with Crippen LogP contribution in [-0.4, -0.2) is 65.7 Å². The summed E-state index contributed by atoms with van der Waals surface area (Å²) in [6.07, 6.45) is 52.6. The van der Waals surface area contributed by atoms with E-state index in [1.165, 1.54) is 154 Å². The Morgan fingerprint density at radius 1 is 0.429 bits per heavy atom. The molecule has 0 radical (unpaired) electrons. The van der Waals surface area contributed by atoms with Crippen molar-refractivity contribution in [3.8, 4) is 0 Å². The fourth-order valence-electron chi connectivity index (χ4n) is 7.32. The number of hydrogen-bond acceptors (Lipinski definition) is 9. The molecule has 0 aliphatic rings. The zero-order valence-electron chi connectivity index (χ0n) is 40.5. The van der Waals surface area contributed by atoms with Gasteiger partial charge >= 0.3 is 19.8 Å². The van der Waals surface area contributed by atoms with Gasteiger partial charge in [0.2, 0.25) is 0 Å². The first kappa shape index (κ1) is 61.2. The minimum absolute atomic E-state index is 0.188. The second kappa shape index (κ2) is 48.1. The maximum absolute atomic E-state index is 12.4.